The molecule has 0 unspecified atom stereocenters. The summed E-state index contributed by atoms with van der Waals surface area (Å²) in [6, 6.07) is 2.19. The number of likely N-dealkylation sites (tertiary alicyclic amines) is 2. The van der Waals surface area contributed by atoms with Gasteiger partial charge in [0.15, 0.2) is 0 Å². The van der Waals surface area contributed by atoms with E-state index in [2.05, 4.69) is 28.7 Å². The Balaban J connectivity index is 1.56. The maximum atomic E-state index is 12.8. The average Bonchev–Trinajstić information content (AvgIpc) is 2.61. The SMILES string of the molecule is Cc1nc([C@H]2CCCN(C(=O)CC3CCN(C(C)C)CC3)C2)cc(=O)[nH]1. The molecule has 0 aromatic carbocycles. The lowest BCUT2D eigenvalue weighted by Crippen LogP contribution is -2.42. The highest BCUT2D eigenvalue weighted by Crippen LogP contribution is 2.27. The third-order valence-electron chi connectivity index (χ3n) is 5.91. The number of H-pyrrole nitrogens is 1. The fourth-order valence-corrected chi connectivity index (χ4v) is 4.31. The number of nitrogens with zero attached hydrogens (tertiary/aromatic N) is 3. The summed E-state index contributed by atoms with van der Waals surface area (Å²) in [5.41, 5.74) is 0.724. The fourth-order valence-electron chi connectivity index (χ4n) is 4.31. The number of piperidine rings is 2. The summed E-state index contributed by atoms with van der Waals surface area (Å²) in [4.78, 5) is 36.2. The summed E-state index contributed by atoms with van der Waals surface area (Å²) in [7, 11) is 0. The Morgan fingerprint density at radius 2 is 2.00 bits per heavy atom. The van der Waals surface area contributed by atoms with E-state index < -0.39 is 0 Å². The fraction of sp³-hybridized carbons (Fsp3) is 0.750. The second kappa shape index (κ2) is 8.33. The number of nitrogens with one attached hydrogen (secondary N) is 1. The number of aromatic amines is 1. The van der Waals surface area contributed by atoms with Gasteiger partial charge >= 0.3 is 0 Å². The van der Waals surface area contributed by atoms with E-state index in [0.717, 1.165) is 51.0 Å². The molecule has 1 aromatic heterocycles. The van der Waals surface area contributed by atoms with E-state index in [1.54, 1.807) is 13.0 Å². The van der Waals surface area contributed by atoms with Crippen molar-refractivity contribution in [2.45, 2.75) is 64.8 Å². The molecule has 2 aliphatic rings. The summed E-state index contributed by atoms with van der Waals surface area (Å²) in [5, 5.41) is 0. The predicted molar refractivity (Wildman–Crippen MR) is 102 cm³/mol. The van der Waals surface area contributed by atoms with Crippen LogP contribution < -0.4 is 5.56 Å². The van der Waals surface area contributed by atoms with Crippen molar-refractivity contribution in [3.8, 4) is 0 Å². The molecule has 0 saturated carbocycles. The van der Waals surface area contributed by atoms with E-state index in [1.165, 1.54) is 0 Å². The summed E-state index contributed by atoms with van der Waals surface area (Å²) in [6.07, 6.45) is 4.88. The molecule has 3 heterocycles. The third kappa shape index (κ3) is 4.72. The molecule has 0 spiro atoms. The lowest BCUT2D eigenvalue weighted by Gasteiger charge is -2.36. The molecule has 2 saturated heterocycles. The molecule has 1 atom stereocenters. The van der Waals surface area contributed by atoms with Crippen LogP contribution in [0.5, 0.6) is 0 Å². The maximum absolute atomic E-state index is 12.8. The Hall–Kier alpha value is -1.69. The number of rotatable bonds is 4. The van der Waals surface area contributed by atoms with Gasteiger partial charge in [0.2, 0.25) is 5.91 Å². The van der Waals surface area contributed by atoms with E-state index in [-0.39, 0.29) is 17.4 Å². The Bertz CT molecular complexity index is 677. The van der Waals surface area contributed by atoms with Gasteiger partial charge in [-0.1, -0.05) is 0 Å². The number of carbonyl (C=O) groups excluding carboxylic acids is 1. The van der Waals surface area contributed by atoms with Gasteiger partial charge in [0, 0.05) is 37.5 Å². The van der Waals surface area contributed by atoms with E-state index in [9.17, 15) is 9.59 Å². The third-order valence-corrected chi connectivity index (χ3v) is 5.91. The minimum atomic E-state index is -0.104. The summed E-state index contributed by atoms with van der Waals surface area (Å²) in [5.74, 6) is 1.61. The molecule has 2 aliphatic heterocycles. The minimum absolute atomic E-state index is 0.104. The quantitative estimate of drug-likeness (QED) is 0.894. The molecule has 6 nitrogen and oxygen atoms in total. The van der Waals surface area contributed by atoms with Gasteiger partial charge in [-0.15, -0.1) is 0 Å². The molecule has 144 valence electrons. The zero-order valence-corrected chi connectivity index (χ0v) is 16.3. The van der Waals surface area contributed by atoms with Crippen molar-refractivity contribution in [1.82, 2.24) is 19.8 Å². The van der Waals surface area contributed by atoms with Crippen LogP contribution in [-0.4, -0.2) is 57.9 Å². The standard InChI is InChI=1S/C20H32N4O2/c1-14(2)23-9-6-16(7-10-23)11-20(26)24-8-4-5-17(13-24)18-12-19(25)22-15(3)21-18/h12,14,16-17H,4-11,13H2,1-3H3,(H,21,22,25)/t17-/m0/s1. The van der Waals surface area contributed by atoms with E-state index in [0.29, 0.717) is 30.7 Å². The van der Waals surface area contributed by atoms with Crippen LogP contribution in [0, 0.1) is 12.8 Å². The maximum Gasteiger partial charge on any atom is 0.251 e. The van der Waals surface area contributed by atoms with Crippen molar-refractivity contribution in [2.24, 2.45) is 5.92 Å². The Morgan fingerprint density at radius 1 is 1.27 bits per heavy atom. The van der Waals surface area contributed by atoms with Crippen molar-refractivity contribution in [3.05, 3.63) is 27.9 Å². The van der Waals surface area contributed by atoms with Crippen LogP contribution in [-0.2, 0) is 4.79 Å². The second-order valence-corrected chi connectivity index (χ2v) is 8.21. The van der Waals surface area contributed by atoms with E-state index >= 15 is 0 Å². The van der Waals surface area contributed by atoms with E-state index in [4.69, 9.17) is 0 Å². The number of hydrogen-bond donors (Lipinski definition) is 1. The first-order chi connectivity index (χ1) is 12.4. The number of hydrogen-bond acceptors (Lipinski definition) is 4. The molecular formula is C20H32N4O2. The molecule has 2 fully saturated rings. The van der Waals surface area contributed by atoms with Crippen molar-refractivity contribution in [2.75, 3.05) is 26.2 Å². The minimum Gasteiger partial charge on any atom is -0.342 e. The monoisotopic (exact) mass is 360 g/mol. The normalized spacial score (nSPS) is 22.8. The van der Waals surface area contributed by atoms with Gasteiger partial charge < -0.3 is 14.8 Å². The van der Waals surface area contributed by atoms with Gasteiger partial charge in [0.1, 0.15) is 5.82 Å². The molecule has 0 bridgehead atoms. The molecule has 6 heteroatoms. The van der Waals surface area contributed by atoms with Crippen LogP contribution in [0.4, 0.5) is 0 Å². The molecule has 26 heavy (non-hydrogen) atoms. The number of aromatic nitrogens is 2. The summed E-state index contributed by atoms with van der Waals surface area (Å²) in [6.45, 7) is 10.0. The van der Waals surface area contributed by atoms with E-state index in [1.807, 2.05) is 4.90 Å². The van der Waals surface area contributed by atoms with Crippen LogP contribution in [0.25, 0.3) is 0 Å². The first-order valence-electron chi connectivity index (χ1n) is 10.0. The lowest BCUT2D eigenvalue weighted by molar-refractivity contribution is -0.133. The lowest BCUT2D eigenvalue weighted by atomic mass is 9.90. The van der Waals surface area contributed by atoms with Crippen LogP contribution in [0.2, 0.25) is 0 Å². The van der Waals surface area contributed by atoms with Crippen molar-refractivity contribution in [1.29, 1.82) is 0 Å². The van der Waals surface area contributed by atoms with Gasteiger partial charge in [-0.05, 0) is 65.5 Å². The highest BCUT2D eigenvalue weighted by Gasteiger charge is 2.29. The number of aryl methyl sites for hydroxylation is 1. The van der Waals surface area contributed by atoms with Gasteiger partial charge in [-0.3, -0.25) is 9.59 Å². The van der Waals surface area contributed by atoms with Gasteiger partial charge in [0.25, 0.3) is 5.56 Å². The summed E-state index contributed by atoms with van der Waals surface area (Å²) < 4.78 is 0. The largest absolute Gasteiger partial charge is 0.342 e. The highest BCUT2D eigenvalue weighted by molar-refractivity contribution is 5.76. The first kappa shape index (κ1) is 19.1. The average molecular weight is 361 g/mol. The van der Waals surface area contributed by atoms with Crippen molar-refractivity contribution < 1.29 is 4.79 Å². The molecule has 1 amide bonds. The van der Waals surface area contributed by atoms with Crippen LogP contribution in [0.3, 0.4) is 0 Å². The predicted octanol–water partition coefficient (Wildman–Crippen LogP) is 2.29. The molecule has 1 aromatic rings. The number of amides is 1. The summed E-state index contributed by atoms with van der Waals surface area (Å²) >= 11 is 0. The molecule has 1 N–H and O–H groups in total. The smallest absolute Gasteiger partial charge is 0.251 e. The molecule has 3 rings (SSSR count). The van der Waals surface area contributed by atoms with Gasteiger partial charge in [-0.2, -0.15) is 0 Å². The van der Waals surface area contributed by atoms with Gasteiger partial charge in [-0.25, -0.2) is 4.98 Å². The Kier molecular flexibility index (Phi) is 6.12. The Labute approximate surface area is 156 Å². The van der Waals surface area contributed by atoms with Crippen LogP contribution in [0.1, 0.15) is 63.4 Å². The molecule has 0 radical (unpaired) electrons. The first-order valence-corrected chi connectivity index (χ1v) is 10.0. The molecule has 0 aliphatic carbocycles. The van der Waals surface area contributed by atoms with Gasteiger partial charge in [0.05, 0.1) is 5.69 Å². The topological polar surface area (TPSA) is 69.3 Å². The van der Waals surface area contributed by atoms with Crippen molar-refractivity contribution in [3.63, 3.8) is 0 Å². The zero-order valence-electron chi connectivity index (χ0n) is 16.3. The van der Waals surface area contributed by atoms with Crippen molar-refractivity contribution >= 4 is 5.91 Å². The highest BCUT2D eigenvalue weighted by atomic mass is 16.2. The van der Waals surface area contributed by atoms with Crippen LogP contribution >= 0.6 is 0 Å². The number of carbonyl (C=O) groups is 1. The zero-order chi connectivity index (χ0) is 18.7. The van der Waals surface area contributed by atoms with Crippen LogP contribution in [0.15, 0.2) is 10.9 Å². The second-order valence-electron chi connectivity index (χ2n) is 8.21. The Morgan fingerprint density at radius 3 is 2.65 bits per heavy atom. The molecular weight excluding hydrogens is 328 g/mol.